The third-order valence-corrected chi connectivity index (χ3v) is 6.51. The number of carbonyl (C=O) groups excluding carboxylic acids is 1. The molecule has 0 aliphatic carbocycles. The molecule has 1 aromatic carbocycles. The molecule has 1 aromatic heterocycles. The summed E-state index contributed by atoms with van der Waals surface area (Å²) in [5.41, 5.74) is 1.76. The zero-order valence-corrected chi connectivity index (χ0v) is 17.4. The molecule has 3 heterocycles. The van der Waals surface area contributed by atoms with Crippen LogP contribution in [-0.2, 0) is 21.6 Å². The van der Waals surface area contributed by atoms with E-state index in [1.165, 1.54) is 5.56 Å². The van der Waals surface area contributed by atoms with Crippen LogP contribution in [0.3, 0.4) is 0 Å². The number of amides is 1. The molecule has 30 heavy (non-hydrogen) atoms. The summed E-state index contributed by atoms with van der Waals surface area (Å²) in [6.07, 6.45) is 8.34. The molecule has 1 N–H and O–H groups in total. The van der Waals surface area contributed by atoms with E-state index < -0.39 is 0 Å². The predicted molar refractivity (Wildman–Crippen MR) is 115 cm³/mol. The van der Waals surface area contributed by atoms with Crippen molar-refractivity contribution in [1.82, 2.24) is 14.8 Å². The summed E-state index contributed by atoms with van der Waals surface area (Å²) in [7, 11) is 0. The van der Waals surface area contributed by atoms with Gasteiger partial charge in [0.15, 0.2) is 0 Å². The zero-order valence-electron chi connectivity index (χ0n) is 17.4. The van der Waals surface area contributed by atoms with Gasteiger partial charge in [0, 0.05) is 51.3 Å². The highest BCUT2D eigenvalue weighted by Gasteiger charge is 2.36. The second-order valence-electron chi connectivity index (χ2n) is 8.53. The molecule has 0 radical (unpaired) electrons. The summed E-state index contributed by atoms with van der Waals surface area (Å²) in [5.74, 6) is 0.149. The number of hydrogen-bond donors (Lipinski definition) is 1. The molecule has 0 atom stereocenters. The fraction of sp³-hybridized carbons (Fsp3) is 0.500. The Hall–Kier alpha value is -2.62. The maximum absolute atomic E-state index is 12.9. The second-order valence-corrected chi connectivity index (χ2v) is 8.53. The highest BCUT2D eigenvalue weighted by molar-refractivity contribution is 5.77. The first kappa shape index (κ1) is 20.6. The Morgan fingerprint density at radius 1 is 1.13 bits per heavy atom. The van der Waals surface area contributed by atoms with E-state index in [1.54, 1.807) is 0 Å². The molecule has 4 rings (SSSR count). The monoisotopic (exact) mass is 406 g/mol. The van der Waals surface area contributed by atoms with E-state index in [1.807, 2.05) is 36.4 Å². The summed E-state index contributed by atoms with van der Waals surface area (Å²) in [5, 5.41) is 12.2. The molecule has 6 nitrogen and oxygen atoms in total. The highest BCUT2D eigenvalue weighted by Crippen LogP contribution is 2.33. The Morgan fingerprint density at radius 2 is 1.80 bits per heavy atom. The average Bonchev–Trinajstić information content (AvgIpc) is 3.32. The van der Waals surface area contributed by atoms with E-state index in [0.717, 1.165) is 45.3 Å². The van der Waals surface area contributed by atoms with E-state index in [2.05, 4.69) is 33.2 Å². The van der Waals surface area contributed by atoms with Gasteiger partial charge in [-0.15, -0.1) is 0 Å². The third kappa shape index (κ3) is 4.92. The topological polar surface area (TPSA) is 70.3 Å². The fourth-order valence-corrected chi connectivity index (χ4v) is 4.68. The molecule has 2 aliphatic heterocycles. The quantitative estimate of drug-likeness (QED) is 0.801. The number of carbonyl (C=O) groups is 1. The predicted octanol–water partition coefficient (Wildman–Crippen LogP) is 3.04. The first-order valence-corrected chi connectivity index (χ1v) is 10.9. The van der Waals surface area contributed by atoms with Gasteiger partial charge < -0.3 is 14.6 Å². The molecule has 0 saturated carbocycles. The molecular formula is C24H30N4O2. The SMILES string of the molecule is N#Cc1ccc(CN2CCC(NC(=O)CC3(n4cccc4)CCOCC3)CC2)cc1. The molecule has 158 valence electrons. The summed E-state index contributed by atoms with van der Waals surface area (Å²) < 4.78 is 7.77. The van der Waals surface area contributed by atoms with Crippen LogP contribution >= 0.6 is 0 Å². The van der Waals surface area contributed by atoms with Crippen LogP contribution in [0.15, 0.2) is 48.8 Å². The van der Waals surface area contributed by atoms with Crippen LogP contribution in [0.4, 0.5) is 0 Å². The maximum Gasteiger partial charge on any atom is 0.222 e. The van der Waals surface area contributed by atoms with Crippen LogP contribution in [0.5, 0.6) is 0 Å². The van der Waals surface area contributed by atoms with Crippen molar-refractivity contribution in [2.45, 2.75) is 50.2 Å². The van der Waals surface area contributed by atoms with Gasteiger partial charge in [-0.1, -0.05) is 12.1 Å². The number of aromatic nitrogens is 1. The Labute approximate surface area is 178 Å². The number of ether oxygens (including phenoxy) is 1. The van der Waals surface area contributed by atoms with E-state index in [9.17, 15) is 4.79 Å². The fourth-order valence-electron chi connectivity index (χ4n) is 4.68. The number of nitrogens with one attached hydrogen (secondary N) is 1. The number of hydrogen-bond acceptors (Lipinski definition) is 4. The lowest BCUT2D eigenvalue weighted by atomic mass is 9.85. The van der Waals surface area contributed by atoms with Crippen molar-refractivity contribution in [3.8, 4) is 6.07 Å². The Morgan fingerprint density at radius 3 is 2.43 bits per heavy atom. The van der Waals surface area contributed by atoms with Gasteiger partial charge in [-0.3, -0.25) is 9.69 Å². The molecule has 6 heteroatoms. The molecule has 2 aliphatic rings. The summed E-state index contributed by atoms with van der Waals surface area (Å²) in [6.45, 7) is 4.25. The lowest BCUT2D eigenvalue weighted by Gasteiger charge is -2.39. The first-order chi connectivity index (χ1) is 14.7. The largest absolute Gasteiger partial charge is 0.381 e. The number of rotatable bonds is 6. The van der Waals surface area contributed by atoms with Crippen molar-refractivity contribution in [2.24, 2.45) is 0 Å². The van der Waals surface area contributed by atoms with Crippen LogP contribution in [0.25, 0.3) is 0 Å². The van der Waals surface area contributed by atoms with Gasteiger partial charge in [0.1, 0.15) is 0 Å². The second kappa shape index (κ2) is 9.46. The lowest BCUT2D eigenvalue weighted by molar-refractivity contribution is -0.125. The number of piperidine rings is 1. The molecule has 2 saturated heterocycles. The van der Waals surface area contributed by atoms with E-state index >= 15 is 0 Å². The molecule has 2 aromatic rings. The van der Waals surface area contributed by atoms with E-state index in [0.29, 0.717) is 25.2 Å². The normalized spacial score (nSPS) is 19.8. The van der Waals surface area contributed by atoms with Crippen LogP contribution in [0, 0.1) is 11.3 Å². The number of benzene rings is 1. The molecule has 1 amide bonds. The Balaban J connectivity index is 1.27. The van der Waals surface area contributed by atoms with Gasteiger partial charge in [0.2, 0.25) is 5.91 Å². The summed E-state index contributed by atoms with van der Waals surface area (Å²) in [4.78, 5) is 15.3. The Bertz CT molecular complexity index is 856. The first-order valence-electron chi connectivity index (χ1n) is 10.9. The lowest BCUT2D eigenvalue weighted by Crippen LogP contribution is -2.48. The number of likely N-dealkylation sites (tertiary alicyclic amines) is 1. The van der Waals surface area contributed by atoms with Gasteiger partial charge >= 0.3 is 0 Å². The third-order valence-electron chi connectivity index (χ3n) is 6.51. The van der Waals surface area contributed by atoms with Crippen molar-refractivity contribution in [3.05, 3.63) is 59.9 Å². The highest BCUT2D eigenvalue weighted by atomic mass is 16.5. The van der Waals surface area contributed by atoms with Gasteiger partial charge in [0.05, 0.1) is 23.6 Å². The molecule has 2 fully saturated rings. The average molecular weight is 407 g/mol. The van der Waals surface area contributed by atoms with Crippen molar-refractivity contribution in [2.75, 3.05) is 26.3 Å². The van der Waals surface area contributed by atoms with Gasteiger partial charge in [-0.25, -0.2) is 0 Å². The minimum atomic E-state index is -0.165. The Kier molecular flexibility index (Phi) is 6.51. The molecule has 0 unspecified atom stereocenters. The van der Waals surface area contributed by atoms with Crippen molar-refractivity contribution in [1.29, 1.82) is 5.26 Å². The van der Waals surface area contributed by atoms with Crippen LogP contribution < -0.4 is 5.32 Å². The van der Waals surface area contributed by atoms with Crippen LogP contribution in [-0.4, -0.2) is 47.7 Å². The standard InChI is InChI=1S/C24H30N4O2/c25-18-20-3-5-21(6-4-20)19-27-13-7-22(8-14-27)26-23(29)17-24(9-15-30-16-10-24)28-11-1-2-12-28/h1-6,11-12,22H,7-10,13-17,19H2,(H,26,29). The zero-order chi connectivity index (χ0) is 20.8. The molecular weight excluding hydrogens is 376 g/mol. The van der Waals surface area contributed by atoms with Crippen LogP contribution in [0.2, 0.25) is 0 Å². The smallest absolute Gasteiger partial charge is 0.222 e. The molecule has 0 spiro atoms. The molecule has 0 bridgehead atoms. The van der Waals surface area contributed by atoms with E-state index in [-0.39, 0.29) is 17.5 Å². The summed E-state index contributed by atoms with van der Waals surface area (Å²) in [6, 6.07) is 14.3. The van der Waals surface area contributed by atoms with Crippen LogP contribution in [0.1, 0.15) is 43.2 Å². The van der Waals surface area contributed by atoms with E-state index in [4.69, 9.17) is 10.00 Å². The van der Waals surface area contributed by atoms with Gasteiger partial charge in [0.25, 0.3) is 0 Å². The number of nitrogens with zero attached hydrogens (tertiary/aromatic N) is 3. The van der Waals surface area contributed by atoms with Gasteiger partial charge in [-0.05, 0) is 55.5 Å². The minimum absolute atomic E-state index is 0.149. The van der Waals surface area contributed by atoms with Crippen molar-refractivity contribution in [3.63, 3.8) is 0 Å². The van der Waals surface area contributed by atoms with Gasteiger partial charge in [-0.2, -0.15) is 5.26 Å². The maximum atomic E-state index is 12.9. The van der Waals surface area contributed by atoms with Crippen molar-refractivity contribution < 1.29 is 9.53 Å². The number of nitriles is 1. The minimum Gasteiger partial charge on any atom is -0.381 e. The summed E-state index contributed by atoms with van der Waals surface area (Å²) >= 11 is 0. The van der Waals surface area contributed by atoms with Crippen molar-refractivity contribution >= 4 is 5.91 Å².